The zero-order valence-electron chi connectivity index (χ0n) is 11.7. The zero-order valence-corrected chi connectivity index (χ0v) is 13.3. The highest BCUT2D eigenvalue weighted by Crippen LogP contribution is 2.24. The van der Waals surface area contributed by atoms with Crippen LogP contribution >= 0.6 is 15.9 Å². The Morgan fingerprint density at radius 2 is 2.05 bits per heavy atom. The van der Waals surface area contributed by atoms with E-state index in [0.717, 1.165) is 41.3 Å². The molecule has 106 valence electrons. The third-order valence-electron chi connectivity index (χ3n) is 2.64. The number of anilines is 1. The molecule has 0 fully saturated rings. The molecule has 0 bridgehead atoms. The van der Waals surface area contributed by atoms with Crippen LogP contribution in [0.4, 0.5) is 5.82 Å². The van der Waals surface area contributed by atoms with Crippen molar-refractivity contribution >= 4 is 21.7 Å². The van der Waals surface area contributed by atoms with Gasteiger partial charge in [0.1, 0.15) is 17.4 Å². The number of aryl methyl sites for hydroxylation is 1. The highest BCUT2D eigenvalue weighted by atomic mass is 79.9. The van der Waals surface area contributed by atoms with Crippen molar-refractivity contribution in [2.45, 2.75) is 26.7 Å². The van der Waals surface area contributed by atoms with Crippen molar-refractivity contribution in [2.75, 3.05) is 11.9 Å². The fourth-order valence-corrected chi connectivity index (χ4v) is 2.06. The van der Waals surface area contributed by atoms with Crippen molar-refractivity contribution in [1.82, 2.24) is 9.97 Å². The molecule has 1 aromatic heterocycles. The lowest BCUT2D eigenvalue weighted by Gasteiger charge is -2.10. The third-order valence-corrected chi connectivity index (χ3v) is 3.13. The molecule has 0 aliphatic carbocycles. The molecule has 0 atom stereocenters. The first-order chi connectivity index (χ1) is 9.71. The molecule has 0 spiro atoms. The largest absolute Gasteiger partial charge is 0.439 e. The summed E-state index contributed by atoms with van der Waals surface area (Å²) in [5.41, 5.74) is 0. The van der Waals surface area contributed by atoms with Gasteiger partial charge in [0, 0.05) is 23.5 Å². The molecule has 2 rings (SSSR count). The zero-order chi connectivity index (χ0) is 14.4. The lowest BCUT2D eigenvalue weighted by molar-refractivity contribution is 0.459. The van der Waals surface area contributed by atoms with Gasteiger partial charge in [-0.25, -0.2) is 4.98 Å². The number of nitrogens with zero attached hydrogens (tertiary/aromatic N) is 2. The van der Waals surface area contributed by atoms with Crippen molar-refractivity contribution in [3.63, 3.8) is 0 Å². The SMILES string of the molecule is CCCNc1cc(Oc2cccc(Br)c2)nc(CC)n1. The summed E-state index contributed by atoms with van der Waals surface area (Å²) in [6.07, 6.45) is 1.82. The van der Waals surface area contributed by atoms with E-state index < -0.39 is 0 Å². The van der Waals surface area contributed by atoms with E-state index in [1.807, 2.05) is 37.3 Å². The Kier molecular flexibility index (Phi) is 5.35. The number of ether oxygens (including phenoxy) is 1. The van der Waals surface area contributed by atoms with Crippen LogP contribution in [0, 0.1) is 0 Å². The third kappa shape index (κ3) is 4.20. The summed E-state index contributed by atoms with van der Waals surface area (Å²) < 4.78 is 6.78. The van der Waals surface area contributed by atoms with Gasteiger partial charge in [-0.2, -0.15) is 4.98 Å². The monoisotopic (exact) mass is 335 g/mol. The van der Waals surface area contributed by atoms with Gasteiger partial charge < -0.3 is 10.1 Å². The minimum absolute atomic E-state index is 0.563. The van der Waals surface area contributed by atoms with Crippen LogP contribution in [0.3, 0.4) is 0 Å². The molecule has 1 heterocycles. The molecule has 4 nitrogen and oxygen atoms in total. The Morgan fingerprint density at radius 3 is 2.75 bits per heavy atom. The van der Waals surface area contributed by atoms with Crippen LogP contribution in [0.2, 0.25) is 0 Å². The maximum absolute atomic E-state index is 5.80. The van der Waals surface area contributed by atoms with Gasteiger partial charge in [0.05, 0.1) is 0 Å². The molecule has 5 heteroatoms. The molecule has 0 radical (unpaired) electrons. The summed E-state index contributed by atoms with van der Waals surface area (Å²) in [7, 11) is 0. The minimum atomic E-state index is 0.563. The molecule has 20 heavy (non-hydrogen) atoms. The van der Waals surface area contributed by atoms with E-state index in [1.165, 1.54) is 0 Å². The second-order valence-corrected chi connectivity index (χ2v) is 5.26. The molecule has 0 amide bonds. The van der Waals surface area contributed by atoms with E-state index in [9.17, 15) is 0 Å². The molecule has 0 unspecified atom stereocenters. The van der Waals surface area contributed by atoms with Crippen LogP contribution in [-0.2, 0) is 6.42 Å². The fraction of sp³-hybridized carbons (Fsp3) is 0.333. The standard InChI is InChI=1S/C15H18BrN3O/c1-3-8-17-14-10-15(19-13(4-2)18-14)20-12-7-5-6-11(16)9-12/h5-7,9-10H,3-4,8H2,1-2H3,(H,17,18,19). The average molecular weight is 336 g/mol. The summed E-state index contributed by atoms with van der Waals surface area (Å²) in [5.74, 6) is 2.90. The summed E-state index contributed by atoms with van der Waals surface area (Å²) in [5, 5.41) is 3.27. The Bertz CT molecular complexity index is 575. The fourth-order valence-electron chi connectivity index (χ4n) is 1.68. The lowest BCUT2D eigenvalue weighted by Crippen LogP contribution is -2.05. The maximum Gasteiger partial charge on any atom is 0.224 e. The van der Waals surface area contributed by atoms with Crippen molar-refractivity contribution < 1.29 is 4.74 Å². The second-order valence-electron chi connectivity index (χ2n) is 4.35. The first-order valence-electron chi connectivity index (χ1n) is 6.76. The minimum Gasteiger partial charge on any atom is -0.439 e. The lowest BCUT2D eigenvalue weighted by atomic mass is 10.3. The maximum atomic E-state index is 5.80. The van der Waals surface area contributed by atoms with E-state index in [2.05, 4.69) is 38.1 Å². The molecule has 0 saturated heterocycles. The number of rotatable bonds is 6. The Morgan fingerprint density at radius 1 is 1.20 bits per heavy atom. The molecule has 0 aliphatic rings. The van der Waals surface area contributed by atoms with Crippen LogP contribution < -0.4 is 10.1 Å². The predicted octanol–water partition coefficient (Wildman–Crippen LogP) is 4.42. The predicted molar refractivity (Wildman–Crippen MR) is 84.4 cm³/mol. The topological polar surface area (TPSA) is 47.0 Å². The Hall–Kier alpha value is -1.62. The molecule has 0 aliphatic heterocycles. The summed E-state index contributed by atoms with van der Waals surface area (Å²) >= 11 is 3.43. The number of halogens is 1. The molecule has 1 N–H and O–H groups in total. The Balaban J connectivity index is 2.21. The molecule has 2 aromatic rings. The number of hydrogen-bond acceptors (Lipinski definition) is 4. The first-order valence-corrected chi connectivity index (χ1v) is 7.55. The van der Waals surface area contributed by atoms with E-state index >= 15 is 0 Å². The van der Waals surface area contributed by atoms with Crippen LogP contribution in [0.15, 0.2) is 34.8 Å². The molecular formula is C15H18BrN3O. The Labute approximate surface area is 127 Å². The first kappa shape index (κ1) is 14.8. The van der Waals surface area contributed by atoms with Crippen molar-refractivity contribution in [3.05, 3.63) is 40.6 Å². The number of benzene rings is 1. The molecular weight excluding hydrogens is 318 g/mol. The van der Waals surface area contributed by atoms with Gasteiger partial charge in [-0.1, -0.05) is 35.8 Å². The smallest absolute Gasteiger partial charge is 0.224 e. The highest BCUT2D eigenvalue weighted by Gasteiger charge is 2.05. The van der Waals surface area contributed by atoms with Crippen molar-refractivity contribution in [1.29, 1.82) is 0 Å². The van der Waals surface area contributed by atoms with E-state index in [1.54, 1.807) is 0 Å². The quantitative estimate of drug-likeness (QED) is 0.848. The highest BCUT2D eigenvalue weighted by molar-refractivity contribution is 9.10. The van der Waals surface area contributed by atoms with Crippen molar-refractivity contribution in [2.24, 2.45) is 0 Å². The summed E-state index contributed by atoms with van der Waals surface area (Å²) in [6, 6.07) is 9.52. The van der Waals surface area contributed by atoms with Gasteiger partial charge in [0.25, 0.3) is 0 Å². The second kappa shape index (κ2) is 7.24. The van der Waals surface area contributed by atoms with Gasteiger partial charge in [0.15, 0.2) is 0 Å². The van der Waals surface area contributed by atoms with Gasteiger partial charge in [-0.15, -0.1) is 0 Å². The number of nitrogens with one attached hydrogen (secondary N) is 1. The number of aromatic nitrogens is 2. The summed E-state index contributed by atoms with van der Waals surface area (Å²) in [6.45, 7) is 5.03. The van der Waals surface area contributed by atoms with E-state index in [4.69, 9.17) is 4.74 Å². The number of hydrogen-bond donors (Lipinski definition) is 1. The van der Waals surface area contributed by atoms with Crippen LogP contribution in [0.1, 0.15) is 26.1 Å². The summed E-state index contributed by atoms with van der Waals surface area (Å²) in [4.78, 5) is 8.83. The van der Waals surface area contributed by atoms with Gasteiger partial charge >= 0.3 is 0 Å². The van der Waals surface area contributed by atoms with Crippen molar-refractivity contribution in [3.8, 4) is 11.6 Å². The van der Waals surface area contributed by atoms with Gasteiger partial charge in [-0.3, -0.25) is 0 Å². The van der Waals surface area contributed by atoms with Crippen LogP contribution in [0.5, 0.6) is 11.6 Å². The molecule has 0 saturated carbocycles. The molecule has 1 aromatic carbocycles. The van der Waals surface area contributed by atoms with E-state index in [0.29, 0.717) is 5.88 Å². The normalized spacial score (nSPS) is 10.3. The average Bonchev–Trinajstić information content (AvgIpc) is 2.45. The van der Waals surface area contributed by atoms with Gasteiger partial charge in [0.2, 0.25) is 5.88 Å². The van der Waals surface area contributed by atoms with Crippen LogP contribution in [-0.4, -0.2) is 16.5 Å². The van der Waals surface area contributed by atoms with Crippen LogP contribution in [0.25, 0.3) is 0 Å². The van der Waals surface area contributed by atoms with E-state index in [-0.39, 0.29) is 0 Å². The van der Waals surface area contributed by atoms with Gasteiger partial charge in [-0.05, 0) is 24.6 Å².